The van der Waals surface area contributed by atoms with E-state index in [1.807, 2.05) is 6.92 Å². The van der Waals surface area contributed by atoms with Crippen LogP contribution in [0.1, 0.15) is 39.5 Å². The van der Waals surface area contributed by atoms with E-state index >= 15 is 0 Å². The molecular weight excluding hydrogens is 136 g/mol. The molecule has 1 atom stereocenters. The predicted octanol–water partition coefficient (Wildman–Crippen LogP) is 2.71. The molecule has 1 saturated carbocycles. The highest BCUT2D eigenvalue weighted by molar-refractivity contribution is 5.97. The lowest BCUT2D eigenvalue weighted by molar-refractivity contribution is -0.119. The van der Waals surface area contributed by atoms with E-state index in [1.54, 1.807) is 0 Å². The Morgan fingerprint density at radius 2 is 2.36 bits per heavy atom. The normalized spacial score (nSPS) is 29.5. The zero-order valence-corrected chi connectivity index (χ0v) is 7.39. The lowest BCUT2D eigenvalue weighted by Gasteiger charge is -2.18. The standard InChI is InChI=1S/C10H16O/c1-3-5-9-7-4-6-8(2)10(9)11/h5,8H,3-4,6-7H2,1-2H3/b9-5-. The van der Waals surface area contributed by atoms with Crippen LogP contribution < -0.4 is 0 Å². The Labute approximate surface area is 68.5 Å². The van der Waals surface area contributed by atoms with Crippen molar-refractivity contribution in [1.82, 2.24) is 0 Å². The van der Waals surface area contributed by atoms with E-state index in [9.17, 15) is 4.79 Å². The van der Waals surface area contributed by atoms with Gasteiger partial charge in [-0.25, -0.2) is 0 Å². The van der Waals surface area contributed by atoms with Gasteiger partial charge in [0.25, 0.3) is 0 Å². The lowest BCUT2D eigenvalue weighted by atomic mass is 9.85. The summed E-state index contributed by atoms with van der Waals surface area (Å²) in [4.78, 5) is 11.4. The van der Waals surface area contributed by atoms with Gasteiger partial charge in [-0.1, -0.05) is 19.9 Å². The van der Waals surface area contributed by atoms with Crippen molar-refractivity contribution in [3.63, 3.8) is 0 Å². The van der Waals surface area contributed by atoms with Crippen LogP contribution in [0, 0.1) is 5.92 Å². The van der Waals surface area contributed by atoms with Crippen LogP contribution in [0.3, 0.4) is 0 Å². The van der Waals surface area contributed by atoms with Gasteiger partial charge in [-0.05, 0) is 31.3 Å². The van der Waals surface area contributed by atoms with E-state index in [-0.39, 0.29) is 5.92 Å². The van der Waals surface area contributed by atoms with Crippen molar-refractivity contribution >= 4 is 5.78 Å². The summed E-state index contributed by atoms with van der Waals surface area (Å²) in [5, 5.41) is 0. The summed E-state index contributed by atoms with van der Waals surface area (Å²) in [5.41, 5.74) is 1.08. The number of rotatable bonds is 1. The largest absolute Gasteiger partial charge is 0.294 e. The number of Topliss-reactive ketones (excluding diaryl/α,β-unsaturated/α-hetero) is 1. The Balaban J connectivity index is 2.66. The minimum absolute atomic E-state index is 0.279. The maximum atomic E-state index is 11.4. The fraction of sp³-hybridized carbons (Fsp3) is 0.700. The number of carbonyl (C=O) groups excluding carboxylic acids is 1. The van der Waals surface area contributed by atoms with Crippen LogP contribution in [0.2, 0.25) is 0 Å². The number of ketones is 1. The Morgan fingerprint density at radius 3 is 3.00 bits per heavy atom. The zero-order chi connectivity index (χ0) is 8.27. The van der Waals surface area contributed by atoms with Crippen LogP contribution in [0.5, 0.6) is 0 Å². The maximum absolute atomic E-state index is 11.4. The van der Waals surface area contributed by atoms with Gasteiger partial charge in [0, 0.05) is 5.92 Å². The van der Waals surface area contributed by atoms with E-state index in [1.165, 1.54) is 6.42 Å². The molecule has 1 aliphatic carbocycles. The van der Waals surface area contributed by atoms with E-state index < -0.39 is 0 Å². The molecule has 0 amide bonds. The summed E-state index contributed by atoms with van der Waals surface area (Å²) in [6.45, 7) is 4.12. The number of hydrogen-bond donors (Lipinski definition) is 0. The third-order valence-electron chi connectivity index (χ3n) is 2.30. The second kappa shape index (κ2) is 3.70. The van der Waals surface area contributed by atoms with Crippen LogP contribution in [-0.4, -0.2) is 5.78 Å². The minimum atomic E-state index is 0.279. The molecule has 0 saturated heterocycles. The van der Waals surface area contributed by atoms with Gasteiger partial charge < -0.3 is 0 Å². The average molecular weight is 152 g/mol. The summed E-state index contributed by atoms with van der Waals surface area (Å²) in [6.07, 6.45) is 6.36. The van der Waals surface area contributed by atoms with Crippen molar-refractivity contribution in [2.24, 2.45) is 5.92 Å². The van der Waals surface area contributed by atoms with Gasteiger partial charge in [0.2, 0.25) is 0 Å². The summed E-state index contributed by atoms with van der Waals surface area (Å²) in [6, 6.07) is 0. The molecule has 0 aromatic heterocycles. The van der Waals surface area contributed by atoms with Crippen LogP contribution in [0.25, 0.3) is 0 Å². The van der Waals surface area contributed by atoms with Crippen molar-refractivity contribution in [3.8, 4) is 0 Å². The molecule has 1 rings (SSSR count). The highest BCUT2D eigenvalue weighted by Gasteiger charge is 2.21. The molecule has 11 heavy (non-hydrogen) atoms. The van der Waals surface area contributed by atoms with E-state index in [0.717, 1.165) is 24.8 Å². The van der Waals surface area contributed by atoms with Crippen LogP contribution in [-0.2, 0) is 4.79 Å². The Bertz CT molecular complexity index is 179. The Hall–Kier alpha value is -0.590. The Morgan fingerprint density at radius 1 is 1.64 bits per heavy atom. The average Bonchev–Trinajstić information content (AvgIpc) is 1.99. The first kappa shape index (κ1) is 8.51. The van der Waals surface area contributed by atoms with Crippen molar-refractivity contribution in [3.05, 3.63) is 11.6 Å². The molecule has 0 spiro atoms. The van der Waals surface area contributed by atoms with Gasteiger partial charge in [-0.15, -0.1) is 0 Å². The SMILES string of the molecule is CC/C=C1/CCCC(C)C1=O. The summed E-state index contributed by atoms with van der Waals surface area (Å²) < 4.78 is 0. The quantitative estimate of drug-likeness (QED) is 0.528. The van der Waals surface area contributed by atoms with Crippen molar-refractivity contribution in [2.45, 2.75) is 39.5 Å². The van der Waals surface area contributed by atoms with Gasteiger partial charge in [-0.3, -0.25) is 4.79 Å². The molecule has 0 bridgehead atoms. The van der Waals surface area contributed by atoms with Gasteiger partial charge >= 0.3 is 0 Å². The molecule has 0 N–H and O–H groups in total. The molecule has 0 aromatic rings. The highest BCUT2D eigenvalue weighted by atomic mass is 16.1. The van der Waals surface area contributed by atoms with Crippen LogP contribution in [0.4, 0.5) is 0 Å². The molecular formula is C10H16O. The molecule has 1 unspecified atom stereocenters. The molecule has 62 valence electrons. The second-order valence-electron chi connectivity index (χ2n) is 3.30. The van der Waals surface area contributed by atoms with Gasteiger partial charge in [0.05, 0.1) is 0 Å². The van der Waals surface area contributed by atoms with E-state index in [4.69, 9.17) is 0 Å². The fourth-order valence-electron chi connectivity index (χ4n) is 1.62. The third kappa shape index (κ3) is 1.92. The first-order valence-corrected chi connectivity index (χ1v) is 4.49. The zero-order valence-electron chi connectivity index (χ0n) is 7.39. The van der Waals surface area contributed by atoms with Crippen molar-refractivity contribution in [1.29, 1.82) is 0 Å². The maximum Gasteiger partial charge on any atom is 0.161 e. The van der Waals surface area contributed by atoms with E-state index in [2.05, 4.69) is 13.0 Å². The second-order valence-corrected chi connectivity index (χ2v) is 3.30. The van der Waals surface area contributed by atoms with Crippen LogP contribution >= 0.6 is 0 Å². The fourth-order valence-corrected chi connectivity index (χ4v) is 1.62. The molecule has 0 radical (unpaired) electrons. The van der Waals surface area contributed by atoms with Crippen molar-refractivity contribution < 1.29 is 4.79 Å². The minimum Gasteiger partial charge on any atom is -0.294 e. The monoisotopic (exact) mass is 152 g/mol. The molecule has 0 aliphatic heterocycles. The lowest BCUT2D eigenvalue weighted by Crippen LogP contribution is -2.18. The first-order chi connectivity index (χ1) is 5.25. The van der Waals surface area contributed by atoms with Crippen LogP contribution in [0.15, 0.2) is 11.6 Å². The molecule has 1 heteroatoms. The Kier molecular flexibility index (Phi) is 2.86. The van der Waals surface area contributed by atoms with Gasteiger partial charge in [-0.2, -0.15) is 0 Å². The topological polar surface area (TPSA) is 17.1 Å². The number of carbonyl (C=O) groups is 1. The number of allylic oxidation sites excluding steroid dienone is 2. The van der Waals surface area contributed by atoms with Gasteiger partial charge in [0.15, 0.2) is 5.78 Å². The smallest absolute Gasteiger partial charge is 0.161 e. The highest BCUT2D eigenvalue weighted by Crippen LogP contribution is 2.24. The molecule has 0 aromatic carbocycles. The summed E-state index contributed by atoms with van der Waals surface area (Å²) in [5.74, 6) is 0.666. The number of hydrogen-bond acceptors (Lipinski definition) is 1. The third-order valence-corrected chi connectivity index (χ3v) is 2.30. The molecule has 1 aliphatic rings. The van der Waals surface area contributed by atoms with Gasteiger partial charge in [0.1, 0.15) is 0 Å². The summed E-state index contributed by atoms with van der Waals surface area (Å²) in [7, 11) is 0. The van der Waals surface area contributed by atoms with Crippen molar-refractivity contribution in [2.75, 3.05) is 0 Å². The molecule has 1 fully saturated rings. The van der Waals surface area contributed by atoms with E-state index in [0.29, 0.717) is 5.78 Å². The summed E-state index contributed by atoms with van der Waals surface area (Å²) >= 11 is 0. The first-order valence-electron chi connectivity index (χ1n) is 4.49. The predicted molar refractivity (Wildman–Crippen MR) is 46.4 cm³/mol. The molecule has 1 nitrogen and oxygen atoms in total. The molecule has 0 heterocycles.